The van der Waals surface area contributed by atoms with Crippen molar-refractivity contribution in [3.63, 3.8) is 0 Å². The summed E-state index contributed by atoms with van der Waals surface area (Å²) in [6.07, 6.45) is 1.71. The summed E-state index contributed by atoms with van der Waals surface area (Å²) >= 11 is 0. The zero-order chi connectivity index (χ0) is 14.7. The number of aromatic hydroxyl groups is 4. The van der Waals surface area contributed by atoms with Crippen molar-refractivity contribution in [1.29, 1.82) is 0 Å². The number of hydrogen-bond acceptors (Lipinski definition) is 6. The van der Waals surface area contributed by atoms with E-state index in [1.54, 1.807) is 0 Å². The molecule has 0 saturated carbocycles. The van der Waals surface area contributed by atoms with Crippen LogP contribution in [0.3, 0.4) is 0 Å². The first-order valence-electron chi connectivity index (χ1n) is 5.58. The number of aliphatic imine (C=N–C) groups is 1. The van der Waals surface area contributed by atoms with Gasteiger partial charge in [-0.1, -0.05) is 0 Å². The van der Waals surface area contributed by atoms with Gasteiger partial charge in [0.1, 0.15) is 11.5 Å². The van der Waals surface area contributed by atoms with Crippen LogP contribution in [0.25, 0.3) is 0 Å². The third-order valence-corrected chi connectivity index (χ3v) is 2.60. The molecule has 0 heterocycles. The molecule has 0 bridgehead atoms. The lowest BCUT2D eigenvalue weighted by Gasteiger charge is -2.03. The van der Waals surface area contributed by atoms with E-state index in [2.05, 4.69) is 4.99 Å². The van der Waals surface area contributed by atoms with Crippen LogP contribution in [-0.4, -0.2) is 32.9 Å². The van der Waals surface area contributed by atoms with E-state index < -0.39 is 11.5 Å². The van der Waals surface area contributed by atoms with Crippen LogP contribution >= 0.6 is 0 Å². The van der Waals surface area contributed by atoms with Crippen molar-refractivity contribution in [3.8, 4) is 23.0 Å². The van der Waals surface area contributed by atoms with Crippen LogP contribution in [0.4, 0.5) is 5.69 Å². The number of carbonyl (C=O) groups is 1. The second-order valence-corrected chi connectivity index (χ2v) is 4.02. The summed E-state index contributed by atoms with van der Waals surface area (Å²) in [5.74, 6) is -0.982. The number of carbonyl (C=O) groups excluding carboxylic acids is 1. The van der Waals surface area contributed by atoms with Crippen molar-refractivity contribution in [2.45, 2.75) is 0 Å². The van der Waals surface area contributed by atoms with E-state index in [4.69, 9.17) is 0 Å². The van der Waals surface area contributed by atoms with Gasteiger partial charge in [-0.25, -0.2) is 0 Å². The van der Waals surface area contributed by atoms with Gasteiger partial charge in [0.2, 0.25) is 0 Å². The van der Waals surface area contributed by atoms with E-state index >= 15 is 0 Å². The van der Waals surface area contributed by atoms with Gasteiger partial charge in [0.05, 0.1) is 5.69 Å². The SMILES string of the molecule is O=Cc1cc(O)c(O)cc1N=Cc1cc(O)ccc1O. The fourth-order valence-corrected chi connectivity index (χ4v) is 1.57. The minimum absolute atomic E-state index is 0.0478. The highest BCUT2D eigenvalue weighted by atomic mass is 16.3. The quantitative estimate of drug-likeness (QED) is 0.296. The van der Waals surface area contributed by atoms with E-state index in [0.29, 0.717) is 6.29 Å². The molecule has 0 fully saturated rings. The Morgan fingerprint density at radius 1 is 0.850 bits per heavy atom. The number of nitrogens with zero attached hydrogens (tertiary/aromatic N) is 1. The predicted molar refractivity (Wildman–Crippen MR) is 72.2 cm³/mol. The number of benzene rings is 2. The normalized spacial score (nSPS) is 10.8. The van der Waals surface area contributed by atoms with Crippen LogP contribution in [-0.2, 0) is 0 Å². The molecule has 0 aliphatic heterocycles. The van der Waals surface area contributed by atoms with Gasteiger partial charge in [-0.2, -0.15) is 0 Å². The topological polar surface area (TPSA) is 110 Å². The molecule has 20 heavy (non-hydrogen) atoms. The van der Waals surface area contributed by atoms with Crippen LogP contribution in [0.2, 0.25) is 0 Å². The van der Waals surface area contributed by atoms with Crippen molar-refractivity contribution >= 4 is 18.2 Å². The maximum atomic E-state index is 10.9. The molecule has 6 nitrogen and oxygen atoms in total. The van der Waals surface area contributed by atoms with E-state index in [-0.39, 0.29) is 28.3 Å². The van der Waals surface area contributed by atoms with Gasteiger partial charge < -0.3 is 20.4 Å². The molecular formula is C14H11NO5. The summed E-state index contributed by atoms with van der Waals surface area (Å²) < 4.78 is 0. The molecule has 0 atom stereocenters. The van der Waals surface area contributed by atoms with E-state index in [0.717, 1.165) is 12.1 Å². The Hall–Kier alpha value is -3.02. The molecule has 6 heteroatoms. The van der Waals surface area contributed by atoms with Crippen LogP contribution in [0.5, 0.6) is 23.0 Å². The Morgan fingerprint density at radius 3 is 2.25 bits per heavy atom. The summed E-state index contributed by atoms with van der Waals surface area (Å²) in [5, 5.41) is 37.6. The van der Waals surface area contributed by atoms with Crippen molar-refractivity contribution in [3.05, 3.63) is 41.5 Å². The van der Waals surface area contributed by atoms with Crippen molar-refractivity contribution in [2.75, 3.05) is 0 Å². The zero-order valence-electron chi connectivity index (χ0n) is 10.2. The monoisotopic (exact) mass is 273 g/mol. The first kappa shape index (κ1) is 13.4. The Kier molecular flexibility index (Phi) is 3.56. The van der Waals surface area contributed by atoms with Crippen LogP contribution < -0.4 is 0 Å². The van der Waals surface area contributed by atoms with Crippen LogP contribution in [0.1, 0.15) is 15.9 Å². The number of hydrogen-bond donors (Lipinski definition) is 4. The molecule has 0 radical (unpaired) electrons. The van der Waals surface area contributed by atoms with Gasteiger partial charge in [-0.05, 0) is 24.3 Å². The third kappa shape index (κ3) is 2.69. The summed E-state index contributed by atoms with van der Waals surface area (Å²) in [4.78, 5) is 14.8. The fourth-order valence-electron chi connectivity index (χ4n) is 1.57. The first-order valence-corrected chi connectivity index (χ1v) is 5.58. The number of aldehydes is 1. The van der Waals surface area contributed by atoms with Gasteiger partial charge in [-0.15, -0.1) is 0 Å². The van der Waals surface area contributed by atoms with Gasteiger partial charge in [-0.3, -0.25) is 9.79 Å². The lowest BCUT2D eigenvalue weighted by atomic mass is 10.1. The standard InChI is InChI=1S/C14H11NO5/c16-7-9-4-13(19)14(20)5-11(9)15-6-8-3-10(17)1-2-12(8)18/h1-7,17-20H. The molecule has 4 N–H and O–H groups in total. The summed E-state index contributed by atoms with van der Waals surface area (Å²) in [5.41, 5.74) is 0.448. The average Bonchev–Trinajstić information content (AvgIpc) is 2.43. The first-order chi connectivity index (χ1) is 9.51. The highest BCUT2D eigenvalue weighted by Gasteiger charge is 2.07. The lowest BCUT2D eigenvalue weighted by Crippen LogP contribution is -1.85. The zero-order valence-corrected chi connectivity index (χ0v) is 10.2. The van der Waals surface area contributed by atoms with Crippen molar-refractivity contribution < 1.29 is 25.2 Å². The Bertz CT molecular complexity index is 694. The molecule has 2 rings (SSSR count). The summed E-state index contributed by atoms with van der Waals surface area (Å²) in [6, 6.07) is 6.11. The minimum Gasteiger partial charge on any atom is -0.508 e. The molecule has 0 spiro atoms. The number of rotatable bonds is 3. The summed E-state index contributed by atoms with van der Waals surface area (Å²) in [6.45, 7) is 0. The molecule has 0 aromatic heterocycles. The number of phenolic OH excluding ortho intramolecular Hbond substituents is 4. The fraction of sp³-hybridized carbons (Fsp3) is 0. The van der Waals surface area contributed by atoms with Crippen molar-refractivity contribution in [2.24, 2.45) is 4.99 Å². The Morgan fingerprint density at radius 2 is 1.55 bits per heavy atom. The Balaban J connectivity index is 2.43. The molecule has 2 aromatic carbocycles. The second kappa shape index (κ2) is 5.31. The third-order valence-electron chi connectivity index (χ3n) is 2.60. The van der Waals surface area contributed by atoms with Crippen LogP contribution in [0, 0.1) is 0 Å². The minimum atomic E-state index is -0.425. The van der Waals surface area contributed by atoms with Gasteiger partial charge in [0.25, 0.3) is 0 Å². The highest BCUT2D eigenvalue weighted by molar-refractivity contribution is 5.90. The lowest BCUT2D eigenvalue weighted by molar-refractivity contribution is 0.112. The van der Waals surface area contributed by atoms with E-state index in [1.807, 2.05) is 0 Å². The second-order valence-electron chi connectivity index (χ2n) is 4.02. The van der Waals surface area contributed by atoms with E-state index in [9.17, 15) is 25.2 Å². The average molecular weight is 273 g/mol. The molecule has 2 aromatic rings. The molecule has 0 unspecified atom stereocenters. The highest BCUT2D eigenvalue weighted by Crippen LogP contribution is 2.32. The van der Waals surface area contributed by atoms with Crippen molar-refractivity contribution in [1.82, 2.24) is 0 Å². The molecule has 0 amide bonds. The largest absolute Gasteiger partial charge is 0.508 e. The number of phenols is 4. The molecular weight excluding hydrogens is 262 g/mol. The molecule has 0 aliphatic carbocycles. The maximum Gasteiger partial charge on any atom is 0.159 e. The maximum absolute atomic E-state index is 10.9. The Labute approximate surface area is 113 Å². The van der Waals surface area contributed by atoms with E-state index in [1.165, 1.54) is 24.4 Å². The molecule has 0 aliphatic rings. The summed E-state index contributed by atoms with van der Waals surface area (Å²) in [7, 11) is 0. The van der Waals surface area contributed by atoms with Gasteiger partial charge in [0.15, 0.2) is 17.8 Å². The smallest absolute Gasteiger partial charge is 0.159 e. The van der Waals surface area contributed by atoms with Gasteiger partial charge in [0, 0.05) is 23.4 Å². The molecule has 0 saturated heterocycles. The van der Waals surface area contributed by atoms with Gasteiger partial charge >= 0.3 is 0 Å². The predicted octanol–water partition coefficient (Wildman–Crippen LogP) is 2.07. The molecule has 102 valence electrons. The van der Waals surface area contributed by atoms with Crippen LogP contribution in [0.15, 0.2) is 35.3 Å².